The molecular weight excluding hydrogens is 303 g/mol. The molecule has 0 spiro atoms. The predicted octanol–water partition coefficient (Wildman–Crippen LogP) is 2.91. The van der Waals surface area contributed by atoms with Gasteiger partial charge in [-0.15, -0.1) is 0 Å². The van der Waals surface area contributed by atoms with E-state index in [1.165, 1.54) is 0 Å². The van der Waals surface area contributed by atoms with Gasteiger partial charge in [0, 0.05) is 18.4 Å². The Morgan fingerprint density at radius 2 is 2.10 bits per heavy atom. The Hall–Kier alpha value is -1.50. The minimum absolute atomic E-state index is 0.156. The lowest BCUT2D eigenvalue weighted by Gasteiger charge is -2.15. The van der Waals surface area contributed by atoms with E-state index in [0.717, 1.165) is 18.2 Å². The molecule has 7 heteroatoms. The first-order valence-corrected chi connectivity index (χ1v) is 7.63. The summed E-state index contributed by atoms with van der Waals surface area (Å²) in [5.74, 6) is -0.589. The van der Waals surface area contributed by atoms with E-state index in [-0.39, 0.29) is 9.92 Å². The first-order chi connectivity index (χ1) is 9.40. The molecule has 1 N–H and O–H groups in total. The summed E-state index contributed by atoms with van der Waals surface area (Å²) >= 11 is 5.77. The molecule has 2 rings (SSSR count). The number of nitrogens with one attached hydrogen (secondary N) is 1. The van der Waals surface area contributed by atoms with Crippen LogP contribution in [-0.2, 0) is 10.0 Å². The third kappa shape index (κ3) is 3.33. The average molecular weight is 315 g/mol. The SMILES string of the molecule is C[C@@H](NS(=O)(=O)c1ccc(F)cc1Cl)c1cccnc1. The van der Waals surface area contributed by atoms with Crippen molar-refractivity contribution < 1.29 is 12.8 Å². The van der Waals surface area contributed by atoms with E-state index in [9.17, 15) is 12.8 Å². The van der Waals surface area contributed by atoms with E-state index >= 15 is 0 Å². The molecule has 1 heterocycles. The van der Waals surface area contributed by atoms with E-state index in [0.29, 0.717) is 5.56 Å². The van der Waals surface area contributed by atoms with Crippen LogP contribution in [0, 0.1) is 5.82 Å². The van der Waals surface area contributed by atoms with Crippen LogP contribution in [0.15, 0.2) is 47.6 Å². The first kappa shape index (κ1) is 14.9. The van der Waals surface area contributed by atoms with E-state index in [2.05, 4.69) is 9.71 Å². The van der Waals surface area contributed by atoms with Gasteiger partial charge in [-0.25, -0.2) is 17.5 Å². The second-order valence-corrected chi connectivity index (χ2v) is 6.29. The Labute approximate surface area is 121 Å². The number of rotatable bonds is 4. The molecule has 0 saturated heterocycles. The van der Waals surface area contributed by atoms with Crippen LogP contribution in [-0.4, -0.2) is 13.4 Å². The number of sulfonamides is 1. The van der Waals surface area contributed by atoms with E-state index in [1.54, 1.807) is 31.5 Å². The molecule has 2 aromatic rings. The second-order valence-electron chi connectivity index (χ2n) is 4.20. The molecule has 1 aromatic heterocycles. The molecule has 0 aliphatic rings. The highest BCUT2D eigenvalue weighted by molar-refractivity contribution is 7.89. The minimum atomic E-state index is -3.83. The van der Waals surface area contributed by atoms with Crippen molar-refractivity contribution in [3.63, 3.8) is 0 Å². The summed E-state index contributed by atoms with van der Waals surface area (Å²) in [7, 11) is -3.83. The number of hydrogen-bond acceptors (Lipinski definition) is 3. The van der Waals surface area contributed by atoms with Gasteiger partial charge in [0.05, 0.1) is 5.02 Å². The Morgan fingerprint density at radius 3 is 2.70 bits per heavy atom. The molecule has 0 bridgehead atoms. The Kier molecular flexibility index (Phi) is 4.37. The maximum atomic E-state index is 13.0. The van der Waals surface area contributed by atoms with Gasteiger partial charge in [-0.3, -0.25) is 4.98 Å². The van der Waals surface area contributed by atoms with E-state index in [1.807, 2.05) is 0 Å². The van der Waals surface area contributed by atoms with Crippen molar-refractivity contribution in [2.24, 2.45) is 0 Å². The van der Waals surface area contributed by atoms with Gasteiger partial charge in [0.2, 0.25) is 10.0 Å². The summed E-state index contributed by atoms with van der Waals surface area (Å²) < 4.78 is 39.8. The second kappa shape index (κ2) is 5.87. The third-order valence-electron chi connectivity index (χ3n) is 2.70. The third-order valence-corrected chi connectivity index (χ3v) is 4.72. The summed E-state index contributed by atoms with van der Waals surface area (Å²) in [6, 6.07) is 6.14. The number of pyridine rings is 1. The van der Waals surface area contributed by atoms with Crippen LogP contribution in [0.4, 0.5) is 4.39 Å². The zero-order valence-electron chi connectivity index (χ0n) is 10.5. The first-order valence-electron chi connectivity index (χ1n) is 5.77. The largest absolute Gasteiger partial charge is 0.264 e. The van der Waals surface area contributed by atoms with Crippen molar-refractivity contribution in [2.45, 2.75) is 17.9 Å². The lowest BCUT2D eigenvalue weighted by atomic mass is 10.2. The lowest BCUT2D eigenvalue weighted by Crippen LogP contribution is -2.27. The zero-order chi connectivity index (χ0) is 14.8. The van der Waals surface area contributed by atoms with Crippen molar-refractivity contribution in [1.82, 2.24) is 9.71 Å². The maximum Gasteiger partial charge on any atom is 0.242 e. The van der Waals surface area contributed by atoms with Gasteiger partial charge in [0.1, 0.15) is 10.7 Å². The number of halogens is 2. The van der Waals surface area contributed by atoms with Crippen LogP contribution in [0.1, 0.15) is 18.5 Å². The normalized spacial score (nSPS) is 13.2. The van der Waals surface area contributed by atoms with Crippen LogP contribution in [0.2, 0.25) is 5.02 Å². The topological polar surface area (TPSA) is 59.1 Å². The van der Waals surface area contributed by atoms with Crippen LogP contribution >= 0.6 is 11.6 Å². The number of nitrogens with zero attached hydrogens (tertiary/aromatic N) is 1. The highest BCUT2D eigenvalue weighted by atomic mass is 35.5. The van der Waals surface area contributed by atoms with Crippen molar-refractivity contribution >= 4 is 21.6 Å². The Morgan fingerprint density at radius 1 is 1.35 bits per heavy atom. The van der Waals surface area contributed by atoms with Crippen molar-refractivity contribution in [2.75, 3.05) is 0 Å². The molecule has 0 fully saturated rings. The van der Waals surface area contributed by atoms with Gasteiger partial charge in [0.15, 0.2) is 0 Å². The summed E-state index contributed by atoms with van der Waals surface area (Å²) in [5.41, 5.74) is 0.717. The fourth-order valence-corrected chi connectivity index (χ4v) is 3.45. The van der Waals surface area contributed by atoms with Crippen LogP contribution in [0.25, 0.3) is 0 Å². The van der Waals surface area contributed by atoms with Gasteiger partial charge >= 0.3 is 0 Å². The van der Waals surface area contributed by atoms with Gasteiger partial charge in [-0.2, -0.15) is 0 Å². The van der Waals surface area contributed by atoms with Crippen LogP contribution in [0.5, 0.6) is 0 Å². The van der Waals surface area contributed by atoms with Crippen molar-refractivity contribution in [3.8, 4) is 0 Å². The molecule has 0 aliphatic heterocycles. The van der Waals surface area contributed by atoms with Crippen LogP contribution < -0.4 is 4.72 Å². The lowest BCUT2D eigenvalue weighted by molar-refractivity contribution is 0.566. The van der Waals surface area contributed by atoms with E-state index in [4.69, 9.17) is 11.6 Å². The summed E-state index contributed by atoms with van der Waals surface area (Å²) in [4.78, 5) is 3.77. The molecule has 0 aliphatic carbocycles. The summed E-state index contributed by atoms with van der Waals surface area (Å²) in [6.07, 6.45) is 3.17. The number of benzene rings is 1. The fraction of sp³-hybridized carbons (Fsp3) is 0.154. The quantitative estimate of drug-likeness (QED) is 0.944. The molecular formula is C13H12ClFN2O2S. The molecule has 0 unspecified atom stereocenters. The number of aromatic nitrogens is 1. The molecule has 0 amide bonds. The minimum Gasteiger partial charge on any atom is -0.264 e. The molecule has 0 radical (unpaired) electrons. The molecule has 1 aromatic carbocycles. The molecule has 4 nitrogen and oxygen atoms in total. The smallest absolute Gasteiger partial charge is 0.242 e. The highest BCUT2D eigenvalue weighted by Crippen LogP contribution is 2.24. The van der Waals surface area contributed by atoms with Gasteiger partial charge in [-0.1, -0.05) is 17.7 Å². The van der Waals surface area contributed by atoms with Gasteiger partial charge in [-0.05, 0) is 36.8 Å². The Bertz CT molecular complexity index is 708. The van der Waals surface area contributed by atoms with E-state index < -0.39 is 21.9 Å². The average Bonchev–Trinajstić information content (AvgIpc) is 2.38. The highest BCUT2D eigenvalue weighted by Gasteiger charge is 2.21. The summed E-state index contributed by atoms with van der Waals surface area (Å²) in [6.45, 7) is 1.69. The molecule has 20 heavy (non-hydrogen) atoms. The standard InChI is InChI=1S/C13H12ClFN2O2S/c1-9(10-3-2-6-16-8-10)17-20(18,19)13-5-4-11(15)7-12(13)14/h2-9,17H,1H3/t9-/m1/s1. The molecule has 1 atom stereocenters. The van der Waals surface area contributed by atoms with Gasteiger partial charge < -0.3 is 0 Å². The zero-order valence-corrected chi connectivity index (χ0v) is 12.1. The molecule has 106 valence electrons. The monoisotopic (exact) mass is 314 g/mol. The maximum absolute atomic E-state index is 13.0. The Balaban J connectivity index is 2.28. The molecule has 0 saturated carbocycles. The predicted molar refractivity (Wildman–Crippen MR) is 74.4 cm³/mol. The van der Waals surface area contributed by atoms with Crippen molar-refractivity contribution in [1.29, 1.82) is 0 Å². The summed E-state index contributed by atoms with van der Waals surface area (Å²) in [5, 5.41) is -0.157. The fourth-order valence-electron chi connectivity index (χ4n) is 1.69. The number of hydrogen-bond donors (Lipinski definition) is 1. The van der Waals surface area contributed by atoms with Crippen LogP contribution in [0.3, 0.4) is 0 Å². The van der Waals surface area contributed by atoms with Crippen molar-refractivity contribution in [3.05, 3.63) is 59.1 Å². The van der Waals surface area contributed by atoms with Gasteiger partial charge in [0.25, 0.3) is 0 Å².